The second kappa shape index (κ2) is 8.61. The van der Waals surface area contributed by atoms with Crippen LogP contribution in [-0.4, -0.2) is 42.0 Å². The Balaban J connectivity index is 1.61. The van der Waals surface area contributed by atoms with Gasteiger partial charge in [-0.1, -0.05) is 6.07 Å². The highest BCUT2D eigenvalue weighted by Crippen LogP contribution is 2.39. The SMILES string of the molecule is CCNc1ccc(C(=O)N2CCC[C@@H]2c2ccc3c(c2)OCCCO3)cc1[N+](=O)[O-]. The topological polar surface area (TPSA) is 93.9 Å². The van der Waals surface area contributed by atoms with Gasteiger partial charge in [-0.2, -0.15) is 0 Å². The third kappa shape index (κ3) is 3.90. The Morgan fingerprint density at radius 3 is 2.73 bits per heavy atom. The van der Waals surface area contributed by atoms with E-state index in [1.54, 1.807) is 17.0 Å². The number of hydrogen-bond donors (Lipinski definition) is 1. The number of carbonyl (C=O) groups excluding carboxylic acids is 1. The van der Waals surface area contributed by atoms with Crippen molar-refractivity contribution >= 4 is 17.3 Å². The van der Waals surface area contributed by atoms with Gasteiger partial charge in [0.25, 0.3) is 11.6 Å². The molecule has 0 unspecified atom stereocenters. The molecular weight excluding hydrogens is 386 g/mol. The zero-order valence-electron chi connectivity index (χ0n) is 16.9. The van der Waals surface area contributed by atoms with Crippen molar-refractivity contribution in [3.63, 3.8) is 0 Å². The molecule has 0 radical (unpaired) electrons. The molecule has 8 nitrogen and oxygen atoms in total. The normalized spacial score (nSPS) is 18.0. The molecule has 8 heteroatoms. The van der Waals surface area contributed by atoms with Crippen molar-refractivity contribution < 1.29 is 19.2 Å². The van der Waals surface area contributed by atoms with E-state index in [9.17, 15) is 14.9 Å². The summed E-state index contributed by atoms with van der Waals surface area (Å²) in [7, 11) is 0. The van der Waals surface area contributed by atoms with E-state index in [-0.39, 0.29) is 17.6 Å². The van der Waals surface area contributed by atoms with Crippen LogP contribution < -0.4 is 14.8 Å². The number of fused-ring (bicyclic) bond motifs is 1. The van der Waals surface area contributed by atoms with Crippen LogP contribution in [0.15, 0.2) is 36.4 Å². The number of nitrogens with one attached hydrogen (secondary N) is 1. The molecule has 2 aliphatic heterocycles. The van der Waals surface area contributed by atoms with Crippen molar-refractivity contribution in [1.82, 2.24) is 4.90 Å². The van der Waals surface area contributed by atoms with Crippen LogP contribution >= 0.6 is 0 Å². The first-order valence-corrected chi connectivity index (χ1v) is 10.3. The Kier molecular flexibility index (Phi) is 5.74. The second-order valence-electron chi connectivity index (χ2n) is 7.43. The lowest BCUT2D eigenvalue weighted by Crippen LogP contribution is -2.30. The van der Waals surface area contributed by atoms with Crippen molar-refractivity contribution in [3.8, 4) is 11.5 Å². The van der Waals surface area contributed by atoms with Crippen molar-refractivity contribution in [3.05, 3.63) is 57.6 Å². The second-order valence-corrected chi connectivity index (χ2v) is 7.43. The van der Waals surface area contributed by atoms with Gasteiger partial charge in [-0.05, 0) is 49.6 Å². The molecule has 1 fully saturated rings. The molecule has 0 saturated carbocycles. The fourth-order valence-electron chi connectivity index (χ4n) is 4.06. The summed E-state index contributed by atoms with van der Waals surface area (Å²) in [4.78, 5) is 26.0. The molecule has 2 aliphatic rings. The summed E-state index contributed by atoms with van der Waals surface area (Å²) in [6, 6.07) is 10.3. The smallest absolute Gasteiger partial charge is 0.293 e. The highest BCUT2D eigenvalue weighted by atomic mass is 16.6. The van der Waals surface area contributed by atoms with Gasteiger partial charge in [0.2, 0.25) is 0 Å². The van der Waals surface area contributed by atoms with Crippen LogP contribution in [0.1, 0.15) is 48.1 Å². The van der Waals surface area contributed by atoms with Gasteiger partial charge in [0.1, 0.15) is 5.69 Å². The highest BCUT2D eigenvalue weighted by Gasteiger charge is 2.32. The summed E-state index contributed by atoms with van der Waals surface area (Å²) >= 11 is 0. The fourth-order valence-corrected chi connectivity index (χ4v) is 4.06. The minimum atomic E-state index is -0.458. The third-order valence-electron chi connectivity index (χ3n) is 5.48. The molecule has 0 bridgehead atoms. The summed E-state index contributed by atoms with van der Waals surface area (Å²) in [5.41, 5.74) is 1.64. The predicted molar refractivity (Wildman–Crippen MR) is 112 cm³/mol. The number of hydrogen-bond acceptors (Lipinski definition) is 6. The molecule has 1 saturated heterocycles. The van der Waals surface area contributed by atoms with E-state index in [0.717, 1.165) is 30.6 Å². The molecule has 1 amide bonds. The van der Waals surface area contributed by atoms with Crippen LogP contribution in [0.4, 0.5) is 11.4 Å². The van der Waals surface area contributed by atoms with E-state index in [0.29, 0.717) is 43.3 Å². The summed E-state index contributed by atoms with van der Waals surface area (Å²) in [5.74, 6) is 1.23. The largest absolute Gasteiger partial charge is 0.490 e. The number of amides is 1. The number of nitro groups is 1. The van der Waals surface area contributed by atoms with Gasteiger partial charge >= 0.3 is 0 Å². The number of anilines is 1. The summed E-state index contributed by atoms with van der Waals surface area (Å²) in [6.07, 6.45) is 2.55. The quantitative estimate of drug-likeness (QED) is 0.586. The molecule has 158 valence electrons. The molecule has 1 atom stereocenters. The number of benzene rings is 2. The van der Waals surface area contributed by atoms with Crippen molar-refractivity contribution in [2.45, 2.75) is 32.2 Å². The van der Waals surface area contributed by atoms with Crippen LogP contribution in [0.3, 0.4) is 0 Å². The van der Waals surface area contributed by atoms with Crippen LogP contribution in [0.2, 0.25) is 0 Å². The van der Waals surface area contributed by atoms with Gasteiger partial charge in [-0.3, -0.25) is 14.9 Å². The number of nitro benzene ring substituents is 1. The predicted octanol–water partition coefficient (Wildman–Crippen LogP) is 4.17. The fraction of sp³-hybridized carbons (Fsp3) is 0.409. The Labute approximate surface area is 174 Å². The minimum absolute atomic E-state index is 0.0889. The standard InChI is InChI=1S/C22H25N3O5/c1-2-23-17-8-6-16(13-19(17)25(27)28)22(26)24-10-3-5-18(24)15-7-9-20-21(14-15)30-12-4-11-29-20/h6-9,13-14,18,23H,2-5,10-12H2,1H3/t18-/m1/s1. The molecule has 0 aliphatic carbocycles. The lowest BCUT2D eigenvalue weighted by molar-refractivity contribution is -0.384. The Bertz CT molecular complexity index is 962. The number of ether oxygens (including phenoxy) is 2. The van der Waals surface area contributed by atoms with Crippen molar-refractivity contribution in [2.24, 2.45) is 0 Å². The monoisotopic (exact) mass is 411 g/mol. The highest BCUT2D eigenvalue weighted by molar-refractivity contribution is 5.96. The van der Waals surface area contributed by atoms with Crippen LogP contribution in [-0.2, 0) is 0 Å². The van der Waals surface area contributed by atoms with Gasteiger partial charge in [0.05, 0.1) is 24.2 Å². The number of likely N-dealkylation sites (tertiary alicyclic amines) is 1. The average Bonchev–Trinajstić information content (AvgIpc) is 3.12. The van der Waals surface area contributed by atoms with Gasteiger partial charge in [0.15, 0.2) is 11.5 Å². The molecule has 1 N–H and O–H groups in total. The summed E-state index contributed by atoms with van der Waals surface area (Å²) in [5, 5.41) is 14.4. The molecule has 2 aromatic carbocycles. The van der Waals surface area contributed by atoms with E-state index >= 15 is 0 Å². The zero-order chi connectivity index (χ0) is 21.1. The van der Waals surface area contributed by atoms with Gasteiger partial charge in [-0.15, -0.1) is 0 Å². The Morgan fingerprint density at radius 1 is 1.17 bits per heavy atom. The molecule has 4 rings (SSSR count). The maximum absolute atomic E-state index is 13.2. The van der Waals surface area contributed by atoms with E-state index in [2.05, 4.69) is 5.32 Å². The zero-order valence-corrected chi connectivity index (χ0v) is 16.9. The van der Waals surface area contributed by atoms with Crippen molar-refractivity contribution in [2.75, 3.05) is 31.6 Å². The molecule has 2 aromatic rings. The van der Waals surface area contributed by atoms with E-state index in [4.69, 9.17) is 9.47 Å². The summed E-state index contributed by atoms with van der Waals surface area (Å²) in [6.45, 7) is 4.27. The van der Waals surface area contributed by atoms with E-state index < -0.39 is 4.92 Å². The molecule has 2 heterocycles. The Morgan fingerprint density at radius 2 is 1.97 bits per heavy atom. The number of rotatable bonds is 5. The summed E-state index contributed by atoms with van der Waals surface area (Å²) < 4.78 is 11.5. The van der Waals surface area contributed by atoms with Crippen LogP contribution in [0, 0.1) is 10.1 Å². The van der Waals surface area contributed by atoms with Crippen LogP contribution in [0.25, 0.3) is 0 Å². The molecule has 0 spiro atoms. The first-order valence-electron chi connectivity index (χ1n) is 10.3. The lowest BCUT2D eigenvalue weighted by Gasteiger charge is -2.26. The van der Waals surface area contributed by atoms with Gasteiger partial charge < -0.3 is 19.7 Å². The van der Waals surface area contributed by atoms with E-state index in [1.165, 1.54) is 6.07 Å². The minimum Gasteiger partial charge on any atom is -0.490 e. The van der Waals surface area contributed by atoms with Gasteiger partial charge in [-0.25, -0.2) is 0 Å². The Hall–Kier alpha value is -3.29. The van der Waals surface area contributed by atoms with Gasteiger partial charge in [0, 0.05) is 31.1 Å². The average molecular weight is 411 g/mol. The maximum atomic E-state index is 13.2. The lowest BCUT2D eigenvalue weighted by atomic mass is 10.0. The molecule has 30 heavy (non-hydrogen) atoms. The first kappa shape index (κ1) is 20.0. The first-order chi connectivity index (χ1) is 14.6. The molecular formula is C22H25N3O5. The third-order valence-corrected chi connectivity index (χ3v) is 5.48. The van der Waals surface area contributed by atoms with Crippen LogP contribution in [0.5, 0.6) is 11.5 Å². The number of nitrogens with zero attached hydrogens (tertiary/aromatic N) is 2. The van der Waals surface area contributed by atoms with E-state index in [1.807, 2.05) is 25.1 Å². The van der Waals surface area contributed by atoms with Crippen molar-refractivity contribution in [1.29, 1.82) is 0 Å². The molecule has 0 aromatic heterocycles. The number of carbonyl (C=O) groups is 1. The maximum Gasteiger partial charge on any atom is 0.293 e.